The largest absolute Gasteiger partial charge is 0.435 e. The van der Waals surface area contributed by atoms with E-state index in [1.165, 1.54) is 17.0 Å². The van der Waals surface area contributed by atoms with Crippen molar-refractivity contribution in [2.45, 2.75) is 32.5 Å². The molecule has 0 radical (unpaired) electrons. The molecule has 1 aromatic rings. The van der Waals surface area contributed by atoms with Gasteiger partial charge in [-0.1, -0.05) is 12.1 Å². The van der Waals surface area contributed by atoms with Crippen LogP contribution in [0.25, 0.3) is 0 Å². The van der Waals surface area contributed by atoms with Crippen molar-refractivity contribution in [3.63, 3.8) is 0 Å². The lowest BCUT2D eigenvalue weighted by Gasteiger charge is -2.26. The van der Waals surface area contributed by atoms with Crippen LogP contribution in [0.5, 0.6) is 5.75 Å². The molecule has 0 aliphatic carbocycles. The van der Waals surface area contributed by atoms with Crippen molar-refractivity contribution < 1.29 is 23.4 Å². The zero-order chi connectivity index (χ0) is 16.0. The SMILES string of the molecule is CC(NC(=O)N(C)C(C)CO)c1cccc(OC(F)F)c1. The molecule has 0 heterocycles. The maximum Gasteiger partial charge on any atom is 0.387 e. The van der Waals surface area contributed by atoms with E-state index in [9.17, 15) is 13.6 Å². The molecule has 0 aliphatic heterocycles. The zero-order valence-electron chi connectivity index (χ0n) is 12.2. The summed E-state index contributed by atoms with van der Waals surface area (Å²) in [5, 5.41) is 11.7. The number of amides is 2. The fourth-order valence-corrected chi connectivity index (χ4v) is 1.65. The highest BCUT2D eigenvalue weighted by atomic mass is 19.3. The van der Waals surface area contributed by atoms with E-state index >= 15 is 0 Å². The average molecular weight is 302 g/mol. The van der Waals surface area contributed by atoms with Crippen LogP contribution in [-0.2, 0) is 0 Å². The van der Waals surface area contributed by atoms with Gasteiger partial charge < -0.3 is 20.1 Å². The Bertz CT molecular complexity index is 471. The molecular formula is C14H20F2N2O3. The molecule has 0 fully saturated rings. The van der Waals surface area contributed by atoms with Crippen molar-refractivity contribution in [2.75, 3.05) is 13.7 Å². The minimum Gasteiger partial charge on any atom is -0.435 e. The molecule has 0 saturated heterocycles. The Kier molecular flexibility index (Phi) is 6.36. The molecule has 118 valence electrons. The Hall–Kier alpha value is -1.89. The Labute approximate surface area is 122 Å². The number of carbonyl (C=O) groups is 1. The summed E-state index contributed by atoms with van der Waals surface area (Å²) in [6.45, 7) is 0.412. The molecule has 5 nitrogen and oxygen atoms in total. The van der Waals surface area contributed by atoms with Gasteiger partial charge in [-0.25, -0.2) is 4.79 Å². The monoisotopic (exact) mass is 302 g/mol. The number of halogens is 2. The number of hydrogen-bond acceptors (Lipinski definition) is 3. The maximum atomic E-state index is 12.2. The maximum absolute atomic E-state index is 12.2. The van der Waals surface area contributed by atoms with E-state index < -0.39 is 6.61 Å². The van der Waals surface area contributed by atoms with Crippen LogP contribution in [0.4, 0.5) is 13.6 Å². The van der Waals surface area contributed by atoms with Gasteiger partial charge >= 0.3 is 12.6 Å². The van der Waals surface area contributed by atoms with Crippen LogP contribution in [0.15, 0.2) is 24.3 Å². The van der Waals surface area contributed by atoms with E-state index in [1.54, 1.807) is 33.0 Å². The van der Waals surface area contributed by atoms with Gasteiger partial charge in [-0.15, -0.1) is 0 Å². The lowest BCUT2D eigenvalue weighted by atomic mass is 10.1. The Morgan fingerprint density at radius 3 is 2.67 bits per heavy atom. The van der Waals surface area contributed by atoms with Gasteiger partial charge in [0.2, 0.25) is 0 Å². The number of hydrogen-bond donors (Lipinski definition) is 2. The first-order valence-electron chi connectivity index (χ1n) is 6.54. The first-order valence-corrected chi connectivity index (χ1v) is 6.54. The average Bonchev–Trinajstić information content (AvgIpc) is 2.45. The molecule has 2 amide bonds. The second-order valence-electron chi connectivity index (χ2n) is 4.76. The highest BCUT2D eigenvalue weighted by Gasteiger charge is 2.17. The molecule has 0 saturated carbocycles. The van der Waals surface area contributed by atoms with Gasteiger partial charge in [0.25, 0.3) is 0 Å². The Morgan fingerprint density at radius 2 is 2.10 bits per heavy atom. The summed E-state index contributed by atoms with van der Waals surface area (Å²) in [5.74, 6) is 0.0423. The predicted octanol–water partition coefficient (Wildman–Crippen LogP) is 2.37. The van der Waals surface area contributed by atoms with Gasteiger partial charge in [-0.3, -0.25) is 0 Å². The number of alkyl halides is 2. The summed E-state index contributed by atoms with van der Waals surface area (Å²) < 4.78 is 28.7. The smallest absolute Gasteiger partial charge is 0.387 e. The molecule has 7 heteroatoms. The number of nitrogens with one attached hydrogen (secondary N) is 1. The van der Waals surface area contributed by atoms with Gasteiger partial charge in [0, 0.05) is 7.05 Å². The van der Waals surface area contributed by atoms with E-state index in [0.717, 1.165) is 0 Å². The number of nitrogens with zero attached hydrogens (tertiary/aromatic N) is 1. The Morgan fingerprint density at radius 1 is 1.43 bits per heavy atom. The number of rotatable bonds is 6. The van der Waals surface area contributed by atoms with Crippen molar-refractivity contribution in [1.29, 1.82) is 0 Å². The second-order valence-corrected chi connectivity index (χ2v) is 4.76. The number of benzene rings is 1. The summed E-state index contributed by atoms with van der Waals surface area (Å²) in [5.41, 5.74) is 0.645. The fourth-order valence-electron chi connectivity index (χ4n) is 1.65. The molecule has 0 aliphatic rings. The van der Waals surface area contributed by atoms with Gasteiger partial charge in [-0.05, 0) is 31.5 Å². The van der Waals surface area contributed by atoms with Crippen LogP contribution in [0.3, 0.4) is 0 Å². The quantitative estimate of drug-likeness (QED) is 0.848. The standard InChI is InChI=1S/C14H20F2N2O3/c1-9(8-19)18(3)14(20)17-10(2)11-5-4-6-12(7-11)21-13(15)16/h4-7,9-10,13,19H,8H2,1-3H3,(H,17,20). The van der Waals surface area contributed by atoms with E-state index in [4.69, 9.17) is 5.11 Å². The summed E-state index contributed by atoms with van der Waals surface area (Å²) in [6.07, 6.45) is 0. The Balaban J connectivity index is 2.71. The normalized spacial score (nSPS) is 13.7. The molecule has 0 aromatic heterocycles. The van der Waals surface area contributed by atoms with Gasteiger partial charge in [-0.2, -0.15) is 8.78 Å². The number of aliphatic hydroxyl groups is 1. The van der Waals surface area contributed by atoms with Crippen molar-refractivity contribution in [3.05, 3.63) is 29.8 Å². The molecule has 1 rings (SSSR count). The van der Waals surface area contributed by atoms with Gasteiger partial charge in [0.1, 0.15) is 5.75 Å². The predicted molar refractivity (Wildman–Crippen MR) is 74.3 cm³/mol. The van der Waals surface area contributed by atoms with Crippen LogP contribution in [-0.4, -0.2) is 42.3 Å². The molecule has 0 bridgehead atoms. The number of likely N-dealkylation sites (N-methyl/N-ethyl adjacent to an activating group) is 1. The first-order chi connectivity index (χ1) is 9.85. The molecule has 2 unspecified atom stereocenters. The van der Waals surface area contributed by atoms with Crippen LogP contribution in [0.2, 0.25) is 0 Å². The number of carbonyl (C=O) groups excluding carboxylic acids is 1. The van der Waals surface area contributed by atoms with E-state index in [1.807, 2.05) is 0 Å². The summed E-state index contributed by atoms with van der Waals surface area (Å²) in [4.78, 5) is 13.3. The molecule has 0 spiro atoms. The zero-order valence-corrected chi connectivity index (χ0v) is 12.2. The van der Waals surface area contributed by atoms with Crippen LogP contribution < -0.4 is 10.1 Å². The lowest BCUT2D eigenvalue weighted by molar-refractivity contribution is -0.0499. The number of ether oxygens (including phenoxy) is 1. The topological polar surface area (TPSA) is 61.8 Å². The third-order valence-corrected chi connectivity index (χ3v) is 3.17. The lowest BCUT2D eigenvalue weighted by Crippen LogP contribution is -2.44. The van der Waals surface area contributed by atoms with E-state index in [2.05, 4.69) is 10.1 Å². The van der Waals surface area contributed by atoms with Gasteiger partial charge in [0.05, 0.1) is 18.7 Å². The molecule has 21 heavy (non-hydrogen) atoms. The third-order valence-electron chi connectivity index (χ3n) is 3.17. The molecular weight excluding hydrogens is 282 g/mol. The summed E-state index contributed by atoms with van der Waals surface area (Å²) >= 11 is 0. The van der Waals surface area contributed by atoms with Crippen molar-refractivity contribution in [1.82, 2.24) is 10.2 Å². The number of aliphatic hydroxyl groups excluding tert-OH is 1. The van der Waals surface area contributed by atoms with Crippen LogP contribution in [0.1, 0.15) is 25.5 Å². The van der Waals surface area contributed by atoms with Crippen LogP contribution >= 0.6 is 0 Å². The van der Waals surface area contributed by atoms with Gasteiger partial charge in [0.15, 0.2) is 0 Å². The van der Waals surface area contributed by atoms with Crippen molar-refractivity contribution in [2.24, 2.45) is 0 Å². The summed E-state index contributed by atoms with van der Waals surface area (Å²) in [6, 6.07) is 5.10. The minimum atomic E-state index is -2.89. The van der Waals surface area contributed by atoms with Crippen molar-refractivity contribution in [3.8, 4) is 5.75 Å². The van der Waals surface area contributed by atoms with Crippen molar-refractivity contribution >= 4 is 6.03 Å². The number of urea groups is 1. The van der Waals surface area contributed by atoms with Crippen LogP contribution in [0, 0.1) is 0 Å². The van der Waals surface area contributed by atoms with E-state index in [0.29, 0.717) is 5.56 Å². The molecule has 2 atom stereocenters. The van der Waals surface area contributed by atoms with E-state index in [-0.39, 0.29) is 30.5 Å². The highest BCUT2D eigenvalue weighted by Crippen LogP contribution is 2.20. The second kappa shape index (κ2) is 7.78. The summed E-state index contributed by atoms with van der Waals surface area (Å²) in [7, 11) is 1.57. The highest BCUT2D eigenvalue weighted by molar-refractivity contribution is 5.74. The molecule has 1 aromatic carbocycles. The molecule has 2 N–H and O–H groups in total. The first kappa shape index (κ1) is 17.2. The third kappa shape index (κ3) is 5.18. The minimum absolute atomic E-state index is 0.0423. The fraction of sp³-hybridized carbons (Fsp3) is 0.500.